The number of anilines is 1. The predicted octanol–water partition coefficient (Wildman–Crippen LogP) is 3.13. The molecule has 0 spiro atoms. The number of allylic oxidation sites excluding steroid dienone is 4. The first kappa shape index (κ1) is 12.0. The first-order valence-electron chi connectivity index (χ1n) is 5.74. The van der Waals surface area contributed by atoms with Crippen molar-refractivity contribution in [1.82, 2.24) is 9.55 Å². The van der Waals surface area contributed by atoms with Crippen molar-refractivity contribution in [3.63, 3.8) is 0 Å². The van der Waals surface area contributed by atoms with Gasteiger partial charge in [-0.05, 0) is 37.3 Å². The molecule has 0 bridgehead atoms. The molecule has 2 rings (SSSR count). The Bertz CT molecular complexity index is 654. The van der Waals surface area contributed by atoms with Gasteiger partial charge in [0.1, 0.15) is 6.33 Å². The molecule has 0 amide bonds. The highest BCUT2D eigenvalue weighted by Gasteiger charge is 2.04. The second-order valence-electron chi connectivity index (χ2n) is 3.78. The Morgan fingerprint density at radius 2 is 2.33 bits per heavy atom. The zero-order valence-corrected chi connectivity index (χ0v) is 10.5. The predicted molar refractivity (Wildman–Crippen MR) is 77.2 cm³/mol. The van der Waals surface area contributed by atoms with E-state index in [0.29, 0.717) is 0 Å². The largest absolute Gasteiger partial charge is 0.388 e. The minimum absolute atomic E-state index is 0.954. The van der Waals surface area contributed by atoms with E-state index in [-0.39, 0.29) is 0 Å². The van der Waals surface area contributed by atoms with Gasteiger partial charge >= 0.3 is 0 Å². The van der Waals surface area contributed by atoms with E-state index >= 15 is 0 Å². The van der Waals surface area contributed by atoms with Gasteiger partial charge in [-0.1, -0.05) is 12.0 Å². The number of rotatable bonds is 3. The molecule has 1 heterocycles. The minimum atomic E-state index is 0.954. The van der Waals surface area contributed by atoms with Gasteiger partial charge in [0.2, 0.25) is 0 Å². The number of nitrogens with one attached hydrogen (secondary N) is 1. The van der Waals surface area contributed by atoms with Crippen molar-refractivity contribution in [3.05, 3.63) is 42.8 Å². The molecule has 3 heteroatoms. The van der Waals surface area contributed by atoms with Crippen molar-refractivity contribution in [3.8, 4) is 12.3 Å². The molecule has 0 fully saturated rings. The maximum atomic E-state index is 5.24. The van der Waals surface area contributed by atoms with Gasteiger partial charge in [0.15, 0.2) is 0 Å². The molecule has 3 nitrogen and oxygen atoms in total. The lowest BCUT2D eigenvalue weighted by molar-refractivity contribution is 1.13. The second kappa shape index (κ2) is 5.24. The molecule has 2 aromatic rings. The van der Waals surface area contributed by atoms with Crippen LogP contribution in [0.5, 0.6) is 0 Å². The Morgan fingerprint density at radius 1 is 1.50 bits per heavy atom. The van der Waals surface area contributed by atoms with Gasteiger partial charge < -0.3 is 5.32 Å². The van der Waals surface area contributed by atoms with Gasteiger partial charge in [-0.3, -0.25) is 4.57 Å². The molecule has 18 heavy (non-hydrogen) atoms. The van der Waals surface area contributed by atoms with Crippen molar-refractivity contribution in [2.24, 2.45) is 0 Å². The maximum absolute atomic E-state index is 5.24. The third kappa shape index (κ3) is 2.14. The Morgan fingerprint density at radius 3 is 3.00 bits per heavy atom. The van der Waals surface area contributed by atoms with Crippen LogP contribution in [0.3, 0.4) is 0 Å². The molecule has 0 radical (unpaired) electrons. The molecule has 90 valence electrons. The molecule has 0 aliphatic heterocycles. The van der Waals surface area contributed by atoms with Crippen LogP contribution in [-0.4, -0.2) is 16.6 Å². The molecule has 0 saturated heterocycles. The smallest absolute Gasteiger partial charge is 0.100 e. The summed E-state index contributed by atoms with van der Waals surface area (Å²) in [5.74, 6) is 2.50. The Balaban J connectivity index is 2.53. The van der Waals surface area contributed by atoms with Crippen LogP contribution in [0, 0.1) is 12.3 Å². The topological polar surface area (TPSA) is 29.9 Å². The van der Waals surface area contributed by atoms with Crippen LogP contribution in [-0.2, 0) is 0 Å². The molecule has 0 aliphatic rings. The summed E-state index contributed by atoms with van der Waals surface area (Å²) < 4.78 is 2.02. The summed E-state index contributed by atoms with van der Waals surface area (Å²) in [6.07, 6.45) is 12.6. The van der Waals surface area contributed by atoms with Gasteiger partial charge in [0, 0.05) is 18.4 Å². The number of aromatic nitrogens is 2. The highest BCUT2D eigenvalue weighted by Crippen LogP contribution is 2.21. The number of hydrogen-bond donors (Lipinski definition) is 1. The zero-order chi connectivity index (χ0) is 13.0. The molecule has 0 atom stereocenters. The summed E-state index contributed by atoms with van der Waals surface area (Å²) in [5, 5.41) is 3.10. The summed E-state index contributed by atoms with van der Waals surface area (Å²) in [6, 6.07) is 6.09. The van der Waals surface area contributed by atoms with Crippen LogP contribution in [0.2, 0.25) is 0 Å². The van der Waals surface area contributed by atoms with E-state index in [1.807, 2.05) is 48.9 Å². The third-order valence-electron chi connectivity index (χ3n) is 2.76. The van der Waals surface area contributed by atoms with E-state index in [4.69, 9.17) is 6.42 Å². The number of nitrogens with zero attached hydrogens (tertiary/aromatic N) is 2. The maximum Gasteiger partial charge on any atom is 0.100 e. The summed E-state index contributed by atoms with van der Waals surface area (Å²) >= 11 is 0. The summed E-state index contributed by atoms with van der Waals surface area (Å²) in [7, 11) is 1.89. The van der Waals surface area contributed by atoms with Crippen molar-refractivity contribution in [2.75, 3.05) is 12.4 Å². The van der Waals surface area contributed by atoms with E-state index in [0.717, 1.165) is 22.4 Å². The minimum Gasteiger partial charge on any atom is -0.388 e. The fourth-order valence-electron chi connectivity index (χ4n) is 1.82. The van der Waals surface area contributed by atoms with Crippen LogP contribution in [0.25, 0.3) is 16.7 Å². The third-order valence-corrected chi connectivity index (χ3v) is 2.76. The molecule has 0 aliphatic carbocycles. The van der Waals surface area contributed by atoms with Gasteiger partial charge in [-0.15, -0.1) is 6.42 Å². The van der Waals surface area contributed by atoms with E-state index in [1.54, 1.807) is 12.4 Å². The average Bonchev–Trinajstić information content (AvgIpc) is 2.83. The summed E-state index contributed by atoms with van der Waals surface area (Å²) in [4.78, 5) is 4.40. The normalized spacial score (nSPS) is 11.9. The van der Waals surface area contributed by atoms with Crippen molar-refractivity contribution in [2.45, 2.75) is 6.92 Å². The Kier molecular flexibility index (Phi) is 3.49. The molecular formula is C15H15N3. The Labute approximate surface area is 107 Å². The number of imidazole rings is 1. The molecule has 1 N–H and O–H groups in total. The van der Waals surface area contributed by atoms with Crippen LogP contribution < -0.4 is 5.32 Å². The SMILES string of the molecule is C#C/C=C\C(=C/C)n1cnc2cc(NC)ccc21. The summed E-state index contributed by atoms with van der Waals surface area (Å²) in [6.45, 7) is 1.98. The number of hydrogen-bond acceptors (Lipinski definition) is 2. The fourth-order valence-corrected chi connectivity index (χ4v) is 1.82. The zero-order valence-electron chi connectivity index (χ0n) is 10.5. The second-order valence-corrected chi connectivity index (χ2v) is 3.78. The fraction of sp³-hybridized carbons (Fsp3) is 0.133. The lowest BCUT2D eigenvalue weighted by Gasteiger charge is -2.05. The number of benzene rings is 1. The molecule has 0 unspecified atom stereocenters. The standard InChI is InChI=1S/C15H15N3/c1-4-6-7-13(5-2)18-11-17-14-10-12(16-3)8-9-15(14)18/h1,5-11,16H,2-3H3/b7-6-,13-5+. The van der Waals surface area contributed by atoms with E-state index < -0.39 is 0 Å². The molecule has 1 aromatic heterocycles. The highest BCUT2D eigenvalue weighted by molar-refractivity contribution is 5.83. The monoisotopic (exact) mass is 237 g/mol. The quantitative estimate of drug-likeness (QED) is 0.656. The van der Waals surface area contributed by atoms with E-state index in [1.165, 1.54) is 0 Å². The number of terminal acetylenes is 1. The van der Waals surface area contributed by atoms with Gasteiger partial charge in [0.25, 0.3) is 0 Å². The van der Waals surface area contributed by atoms with E-state index in [9.17, 15) is 0 Å². The molecule has 1 aromatic carbocycles. The first-order chi connectivity index (χ1) is 8.80. The highest BCUT2D eigenvalue weighted by atomic mass is 15.1. The first-order valence-corrected chi connectivity index (χ1v) is 5.74. The lowest BCUT2D eigenvalue weighted by atomic mass is 10.2. The van der Waals surface area contributed by atoms with E-state index in [2.05, 4.69) is 16.2 Å². The van der Waals surface area contributed by atoms with Gasteiger partial charge in [-0.25, -0.2) is 4.98 Å². The van der Waals surface area contributed by atoms with Crippen molar-refractivity contribution < 1.29 is 0 Å². The molecule has 0 saturated carbocycles. The van der Waals surface area contributed by atoms with Crippen LogP contribution >= 0.6 is 0 Å². The lowest BCUT2D eigenvalue weighted by Crippen LogP contribution is -1.92. The van der Waals surface area contributed by atoms with Crippen molar-refractivity contribution in [1.29, 1.82) is 0 Å². The van der Waals surface area contributed by atoms with Crippen LogP contribution in [0.15, 0.2) is 42.8 Å². The van der Waals surface area contributed by atoms with Crippen LogP contribution in [0.1, 0.15) is 6.92 Å². The van der Waals surface area contributed by atoms with Crippen LogP contribution in [0.4, 0.5) is 5.69 Å². The molecular weight excluding hydrogens is 222 g/mol. The summed E-state index contributed by atoms with van der Waals surface area (Å²) in [5.41, 5.74) is 4.07. The Hall–Kier alpha value is -2.47. The number of fused-ring (bicyclic) bond motifs is 1. The van der Waals surface area contributed by atoms with Crippen molar-refractivity contribution >= 4 is 22.4 Å². The van der Waals surface area contributed by atoms with Gasteiger partial charge in [0.05, 0.1) is 11.0 Å². The van der Waals surface area contributed by atoms with Gasteiger partial charge in [-0.2, -0.15) is 0 Å². The average molecular weight is 237 g/mol.